The molecule has 0 saturated carbocycles. The SMILES string of the molecule is O=C(N[C@@H](Cc1ccc(-c2cc(Cl)ccc2Cl)cc1)C(=O)O)C1CCCN(c2ncnc(N3CCCCC3)c2F)C1. The molecule has 1 aromatic heterocycles. The first-order chi connectivity index (χ1) is 19.8. The normalized spacial score (nSPS) is 18.2. The molecule has 3 heterocycles. The van der Waals surface area contributed by atoms with Gasteiger partial charge >= 0.3 is 5.97 Å². The summed E-state index contributed by atoms with van der Waals surface area (Å²) in [5.41, 5.74) is 2.37. The van der Waals surface area contributed by atoms with Gasteiger partial charge in [0.1, 0.15) is 12.4 Å². The van der Waals surface area contributed by atoms with Gasteiger partial charge in [0.2, 0.25) is 11.7 Å². The zero-order chi connectivity index (χ0) is 28.9. The minimum atomic E-state index is -1.12. The van der Waals surface area contributed by atoms with Gasteiger partial charge in [0.05, 0.1) is 5.92 Å². The number of aliphatic carboxylic acids is 1. The number of hydrogen-bond donors (Lipinski definition) is 2. The first kappa shape index (κ1) is 29.1. The van der Waals surface area contributed by atoms with Crippen molar-refractivity contribution in [3.05, 3.63) is 70.2 Å². The van der Waals surface area contributed by atoms with E-state index in [1.807, 2.05) is 29.2 Å². The fourth-order valence-electron chi connectivity index (χ4n) is 5.55. The average Bonchev–Trinajstić information content (AvgIpc) is 2.99. The number of halogens is 3. The van der Waals surface area contributed by atoms with Gasteiger partial charge in [0.25, 0.3) is 0 Å². The first-order valence-electron chi connectivity index (χ1n) is 13.9. The third-order valence-corrected chi connectivity index (χ3v) is 8.31. The first-order valence-corrected chi connectivity index (χ1v) is 14.6. The standard InChI is InChI=1S/C30H32Cl2FN5O3/c31-22-10-11-24(32)23(16-22)20-8-6-19(7-9-20)15-25(30(40)41)36-29(39)21-5-4-14-38(17-21)28-26(33)27(34-18-35-28)37-12-2-1-3-13-37/h6-11,16,18,21,25H,1-5,12-15,17H2,(H,36,39)(H,40,41)/t21?,25-/m0/s1. The molecule has 2 N–H and O–H groups in total. The maximum Gasteiger partial charge on any atom is 0.326 e. The quantitative estimate of drug-likeness (QED) is 0.347. The van der Waals surface area contributed by atoms with Crippen molar-refractivity contribution in [1.82, 2.24) is 15.3 Å². The zero-order valence-corrected chi connectivity index (χ0v) is 24.0. The second kappa shape index (κ2) is 13.0. The van der Waals surface area contributed by atoms with Crippen LogP contribution in [0.3, 0.4) is 0 Å². The Morgan fingerprint density at radius 3 is 2.37 bits per heavy atom. The van der Waals surface area contributed by atoms with E-state index in [9.17, 15) is 14.7 Å². The van der Waals surface area contributed by atoms with Crippen LogP contribution in [0, 0.1) is 11.7 Å². The molecule has 1 amide bonds. The van der Waals surface area contributed by atoms with E-state index in [0.717, 1.165) is 49.0 Å². The predicted octanol–water partition coefficient (Wildman–Crippen LogP) is 5.61. The topological polar surface area (TPSA) is 98.7 Å². The maximum absolute atomic E-state index is 15.5. The number of amides is 1. The fraction of sp³-hybridized carbons (Fsp3) is 0.400. The summed E-state index contributed by atoms with van der Waals surface area (Å²) in [5.74, 6) is -1.97. The molecule has 0 spiro atoms. The van der Waals surface area contributed by atoms with Crippen molar-refractivity contribution >= 4 is 46.7 Å². The van der Waals surface area contributed by atoms with Crippen molar-refractivity contribution in [3.63, 3.8) is 0 Å². The number of carbonyl (C=O) groups excluding carboxylic acids is 1. The number of nitrogens with one attached hydrogen (secondary N) is 1. The molecule has 0 radical (unpaired) electrons. The van der Waals surface area contributed by atoms with Gasteiger partial charge < -0.3 is 20.2 Å². The Labute approximate surface area is 248 Å². The zero-order valence-electron chi connectivity index (χ0n) is 22.5. The molecule has 2 aliphatic rings. The Bertz CT molecular complexity index is 1400. The van der Waals surface area contributed by atoms with Crippen molar-refractivity contribution in [2.75, 3.05) is 36.0 Å². The number of aromatic nitrogens is 2. The maximum atomic E-state index is 15.5. The summed E-state index contributed by atoms with van der Waals surface area (Å²) in [7, 11) is 0. The Hall–Kier alpha value is -3.43. The van der Waals surface area contributed by atoms with Crippen LogP contribution in [0.4, 0.5) is 16.0 Å². The van der Waals surface area contributed by atoms with Crippen LogP contribution in [-0.4, -0.2) is 59.2 Å². The lowest BCUT2D eigenvalue weighted by atomic mass is 9.95. The number of anilines is 2. The highest BCUT2D eigenvalue weighted by molar-refractivity contribution is 6.35. The Kier molecular flexibility index (Phi) is 9.25. The summed E-state index contributed by atoms with van der Waals surface area (Å²) in [4.78, 5) is 37.4. The van der Waals surface area contributed by atoms with Gasteiger partial charge in [-0.2, -0.15) is 4.39 Å². The summed E-state index contributed by atoms with van der Waals surface area (Å²) in [5, 5.41) is 13.7. The minimum absolute atomic E-state index is 0.112. The molecule has 3 aromatic rings. The van der Waals surface area contributed by atoms with Crippen LogP contribution in [0.15, 0.2) is 48.8 Å². The van der Waals surface area contributed by atoms with Gasteiger partial charge in [-0.15, -0.1) is 0 Å². The van der Waals surface area contributed by atoms with Crippen molar-refractivity contribution in [2.45, 2.75) is 44.6 Å². The summed E-state index contributed by atoms with van der Waals surface area (Å²) < 4.78 is 15.5. The molecule has 2 aromatic carbocycles. The second-order valence-electron chi connectivity index (χ2n) is 10.6. The van der Waals surface area contributed by atoms with Crippen LogP contribution in [0.5, 0.6) is 0 Å². The van der Waals surface area contributed by atoms with Crippen LogP contribution in [0.2, 0.25) is 10.0 Å². The van der Waals surface area contributed by atoms with Crippen molar-refractivity contribution in [3.8, 4) is 11.1 Å². The Morgan fingerprint density at radius 2 is 1.66 bits per heavy atom. The summed E-state index contributed by atoms with van der Waals surface area (Å²) in [6.45, 7) is 2.32. The van der Waals surface area contributed by atoms with Gasteiger partial charge in [-0.05, 0) is 61.4 Å². The largest absolute Gasteiger partial charge is 0.480 e. The average molecular weight is 601 g/mol. The third-order valence-electron chi connectivity index (χ3n) is 7.75. The van der Waals surface area contributed by atoms with Gasteiger partial charge in [-0.1, -0.05) is 47.5 Å². The van der Waals surface area contributed by atoms with E-state index in [2.05, 4.69) is 15.3 Å². The molecule has 8 nitrogen and oxygen atoms in total. The van der Waals surface area contributed by atoms with E-state index in [-0.39, 0.29) is 24.7 Å². The lowest BCUT2D eigenvalue weighted by Crippen LogP contribution is -2.49. The molecule has 0 bridgehead atoms. The molecule has 5 rings (SSSR count). The third kappa shape index (κ3) is 6.90. The van der Waals surface area contributed by atoms with E-state index in [4.69, 9.17) is 23.2 Å². The molecular weight excluding hydrogens is 568 g/mol. The van der Waals surface area contributed by atoms with Crippen LogP contribution >= 0.6 is 23.2 Å². The molecular formula is C30H32Cl2FN5O3. The van der Waals surface area contributed by atoms with Crippen LogP contribution in [0.1, 0.15) is 37.7 Å². The number of carboxylic acids is 1. The van der Waals surface area contributed by atoms with E-state index in [1.54, 1.807) is 23.1 Å². The van der Waals surface area contributed by atoms with Crippen LogP contribution < -0.4 is 15.1 Å². The summed E-state index contributed by atoms with van der Waals surface area (Å²) in [6.07, 6.45) is 5.84. The minimum Gasteiger partial charge on any atom is -0.480 e. The monoisotopic (exact) mass is 599 g/mol. The molecule has 11 heteroatoms. The van der Waals surface area contributed by atoms with Gasteiger partial charge in [0, 0.05) is 48.2 Å². The molecule has 1 unspecified atom stereocenters. The van der Waals surface area contributed by atoms with Gasteiger partial charge in [-0.25, -0.2) is 14.8 Å². The fourth-order valence-corrected chi connectivity index (χ4v) is 5.94. The van der Waals surface area contributed by atoms with E-state index >= 15 is 4.39 Å². The van der Waals surface area contributed by atoms with Gasteiger partial charge in [-0.3, -0.25) is 4.79 Å². The Morgan fingerprint density at radius 1 is 0.976 bits per heavy atom. The van der Waals surface area contributed by atoms with E-state index in [0.29, 0.717) is 35.2 Å². The van der Waals surface area contributed by atoms with Crippen molar-refractivity contribution in [1.29, 1.82) is 0 Å². The molecule has 0 aliphatic carbocycles. The van der Waals surface area contributed by atoms with Crippen LogP contribution in [0.25, 0.3) is 11.1 Å². The molecule has 41 heavy (non-hydrogen) atoms. The summed E-state index contributed by atoms with van der Waals surface area (Å²) >= 11 is 12.4. The molecule has 2 aliphatic heterocycles. The number of hydrogen-bond acceptors (Lipinski definition) is 6. The highest BCUT2D eigenvalue weighted by atomic mass is 35.5. The number of rotatable bonds is 8. The van der Waals surface area contributed by atoms with Crippen molar-refractivity contribution < 1.29 is 19.1 Å². The lowest BCUT2D eigenvalue weighted by molar-refractivity contribution is -0.142. The molecule has 216 valence electrons. The lowest BCUT2D eigenvalue weighted by Gasteiger charge is -2.34. The van der Waals surface area contributed by atoms with Gasteiger partial charge in [0.15, 0.2) is 11.6 Å². The number of carboxylic acid groups (broad SMARTS) is 1. The Balaban J connectivity index is 1.24. The van der Waals surface area contributed by atoms with Crippen molar-refractivity contribution in [2.24, 2.45) is 5.92 Å². The van der Waals surface area contributed by atoms with Crippen LogP contribution in [-0.2, 0) is 16.0 Å². The highest BCUT2D eigenvalue weighted by Gasteiger charge is 2.32. The highest BCUT2D eigenvalue weighted by Crippen LogP contribution is 2.32. The smallest absolute Gasteiger partial charge is 0.326 e. The number of nitrogens with zero attached hydrogens (tertiary/aromatic N) is 4. The second-order valence-corrected chi connectivity index (χ2v) is 11.4. The van der Waals surface area contributed by atoms with E-state index in [1.165, 1.54) is 6.33 Å². The predicted molar refractivity (Wildman–Crippen MR) is 158 cm³/mol. The number of piperidine rings is 2. The molecule has 2 saturated heterocycles. The molecule has 2 fully saturated rings. The molecule has 2 atom stereocenters. The summed E-state index contributed by atoms with van der Waals surface area (Å²) in [6, 6.07) is 11.4. The van der Waals surface area contributed by atoms with E-state index < -0.39 is 23.7 Å². The number of benzene rings is 2. The number of carbonyl (C=O) groups is 2.